The molecule has 2 saturated heterocycles. The molecule has 1 spiro atoms. The summed E-state index contributed by atoms with van der Waals surface area (Å²) in [5, 5.41) is 5.59. The van der Waals surface area contributed by atoms with Crippen LogP contribution in [0.15, 0.2) is 18.2 Å². The molecule has 27 heavy (non-hydrogen) atoms. The number of hydrogen-bond acceptors (Lipinski definition) is 5. The summed E-state index contributed by atoms with van der Waals surface area (Å²) in [5.41, 5.74) is 0.786. The second-order valence-electron chi connectivity index (χ2n) is 7.12. The van der Waals surface area contributed by atoms with Crippen molar-refractivity contribution in [2.24, 2.45) is 0 Å². The summed E-state index contributed by atoms with van der Waals surface area (Å²) < 4.78 is 10.9. The molecule has 9 nitrogen and oxygen atoms in total. The molecular formula is C18H22N4O5. The predicted octanol–water partition coefficient (Wildman–Crippen LogP) is 1.54. The SMILES string of the molecule is CN1C(=O)COc2cc(NC(=O)N3CCCC4(CC3)CNC(=O)O4)ccc21. The molecule has 9 heteroatoms. The third kappa shape index (κ3) is 3.36. The standard InChI is InChI=1S/C18H22N4O5/c1-21-13-4-3-12(9-14(13)26-10-15(21)23)20-16(24)22-7-2-5-18(6-8-22)11-19-17(25)27-18/h3-4,9H,2,5-8,10-11H2,1H3,(H,19,25)(H,20,24). The fraction of sp³-hybridized carbons (Fsp3) is 0.500. The first-order valence-corrected chi connectivity index (χ1v) is 9.02. The number of carbonyl (C=O) groups is 3. The Morgan fingerprint density at radius 1 is 1.26 bits per heavy atom. The first-order valence-electron chi connectivity index (χ1n) is 9.02. The summed E-state index contributed by atoms with van der Waals surface area (Å²) >= 11 is 0. The summed E-state index contributed by atoms with van der Waals surface area (Å²) in [6, 6.07) is 5.02. The van der Waals surface area contributed by atoms with Gasteiger partial charge in [-0.05, 0) is 25.0 Å². The molecule has 1 aromatic carbocycles. The molecule has 0 aliphatic carbocycles. The van der Waals surface area contributed by atoms with Crippen molar-refractivity contribution >= 4 is 29.4 Å². The maximum absolute atomic E-state index is 12.7. The van der Waals surface area contributed by atoms with Gasteiger partial charge in [0.05, 0.1) is 12.2 Å². The summed E-state index contributed by atoms with van der Waals surface area (Å²) in [6.07, 6.45) is 1.73. The molecule has 0 aromatic heterocycles. The average Bonchev–Trinajstić information content (AvgIpc) is 2.88. The number of likely N-dealkylation sites (N-methyl/N-ethyl adjacent to an activating group) is 1. The van der Waals surface area contributed by atoms with Gasteiger partial charge in [-0.2, -0.15) is 0 Å². The molecule has 2 N–H and O–H groups in total. The molecule has 3 aliphatic rings. The normalized spacial score (nSPS) is 24.6. The van der Waals surface area contributed by atoms with Crippen LogP contribution in [-0.4, -0.2) is 61.8 Å². The van der Waals surface area contributed by atoms with E-state index in [0.29, 0.717) is 43.2 Å². The van der Waals surface area contributed by atoms with Crippen LogP contribution >= 0.6 is 0 Å². The zero-order valence-electron chi connectivity index (χ0n) is 15.1. The lowest BCUT2D eigenvalue weighted by Gasteiger charge is -2.27. The zero-order valence-corrected chi connectivity index (χ0v) is 15.1. The topological polar surface area (TPSA) is 100 Å². The van der Waals surface area contributed by atoms with E-state index in [1.54, 1.807) is 30.1 Å². The van der Waals surface area contributed by atoms with E-state index in [0.717, 1.165) is 12.8 Å². The molecule has 144 valence electrons. The van der Waals surface area contributed by atoms with E-state index in [4.69, 9.17) is 9.47 Å². The van der Waals surface area contributed by atoms with Crippen LogP contribution in [0.5, 0.6) is 5.75 Å². The van der Waals surface area contributed by atoms with E-state index in [9.17, 15) is 14.4 Å². The van der Waals surface area contributed by atoms with Crippen molar-refractivity contribution < 1.29 is 23.9 Å². The molecule has 4 amide bonds. The number of anilines is 2. The first kappa shape index (κ1) is 17.4. The molecule has 0 saturated carbocycles. The molecule has 0 bridgehead atoms. The lowest BCUT2D eigenvalue weighted by molar-refractivity contribution is -0.120. The van der Waals surface area contributed by atoms with E-state index >= 15 is 0 Å². The summed E-state index contributed by atoms with van der Waals surface area (Å²) in [7, 11) is 1.69. The van der Waals surface area contributed by atoms with Crippen molar-refractivity contribution in [3.8, 4) is 5.75 Å². The number of nitrogens with zero attached hydrogens (tertiary/aromatic N) is 2. The number of hydrogen-bond donors (Lipinski definition) is 2. The first-order chi connectivity index (χ1) is 13.0. The predicted molar refractivity (Wildman–Crippen MR) is 97.0 cm³/mol. The lowest BCUT2D eigenvalue weighted by atomic mass is 9.95. The van der Waals surface area contributed by atoms with Gasteiger partial charge in [0.1, 0.15) is 11.4 Å². The van der Waals surface area contributed by atoms with Gasteiger partial charge >= 0.3 is 12.1 Å². The Labute approximate surface area is 156 Å². The minimum Gasteiger partial charge on any atom is -0.481 e. The quantitative estimate of drug-likeness (QED) is 0.777. The number of alkyl carbamates (subject to hydrolysis) is 1. The van der Waals surface area contributed by atoms with Crippen LogP contribution in [0.3, 0.4) is 0 Å². The van der Waals surface area contributed by atoms with E-state index in [2.05, 4.69) is 10.6 Å². The Bertz CT molecular complexity index is 798. The number of benzene rings is 1. The van der Waals surface area contributed by atoms with Crippen LogP contribution < -0.4 is 20.3 Å². The lowest BCUT2D eigenvalue weighted by Crippen LogP contribution is -2.38. The van der Waals surface area contributed by atoms with Gasteiger partial charge in [0, 0.05) is 38.3 Å². The maximum Gasteiger partial charge on any atom is 0.407 e. The highest BCUT2D eigenvalue weighted by Crippen LogP contribution is 2.34. The maximum atomic E-state index is 12.7. The Morgan fingerprint density at radius 2 is 2.11 bits per heavy atom. The van der Waals surface area contributed by atoms with E-state index in [-0.39, 0.29) is 24.6 Å². The van der Waals surface area contributed by atoms with Gasteiger partial charge < -0.3 is 29.9 Å². The van der Waals surface area contributed by atoms with Crippen LogP contribution in [0.4, 0.5) is 21.0 Å². The molecule has 1 aromatic rings. The van der Waals surface area contributed by atoms with E-state index in [1.807, 2.05) is 0 Å². The largest absolute Gasteiger partial charge is 0.481 e. The van der Waals surface area contributed by atoms with Crippen molar-refractivity contribution in [1.29, 1.82) is 0 Å². The molecule has 3 aliphatic heterocycles. The number of nitrogens with one attached hydrogen (secondary N) is 2. The van der Waals surface area contributed by atoms with Gasteiger partial charge in [-0.3, -0.25) is 4.79 Å². The van der Waals surface area contributed by atoms with Crippen LogP contribution in [0.25, 0.3) is 0 Å². The van der Waals surface area contributed by atoms with Gasteiger partial charge in [-0.25, -0.2) is 9.59 Å². The molecule has 4 rings (SSSR count). The van der Waals surface area contributed by atoms with Crippen molar-refractivity contribution in [1.82, 2.24) is 10.2 Å². The molecule has 0 radical (unpaired) electrons. The van der Waals surface area contributed by atoms with Crippen LogP contribution in [-0.2, 0) is 9.53 Å². The Balaban J connectivity index is 1.41. The van der Waals surface area contributed by atoms with Gasteiger partial charge in [0.2, 0.25) is 0 Å². The highest BCUT2D eigenvalue weighted by molar-refractivity contribution is 5.98. The van der Waals surface area contributed by atoms with Gasteiger partial charge in [0.15, 0.2) is 6.61 Å². The molecule has 2 fully saturated rings. The average molecular weight is 374 g/mol. The zero-order chi connectivity index (χ0) is 19.0. The number of likely N-dealkylation sites (tertiary alicyclic amines) is 1. The van der Waals surface area contributed by atoms with Gasteiger partial charge in [-0.15, -0.1) is 0 Å². The van der Waals surface area contributed by atoms with Crippen LogP contribution in [0.2, 0.25) is 0 Å². The number of urea groups is 1. The summed E-state index contributed by atoms with van der Waals surface area (Å²) in [6.45, 7) is 1.60. The van der Waals surface area contributed by atoms with Crippen LogP contribution in [0.1, 0.15) is 19.3 Å². The number of ether oxygens (including phenoxy) is 2. The van der Waals surface area contributed by atoms with E-state index < -0.39 is 5.60 Å². The van der Waals surface area contributed by atoms with Gasteiger partial charge in [-0.1, -0.05) is 0 Å². The number of rotatable bonds is 1. The smallest absolute Gasteiger partial charge is 0.407 e. The molecule has 1 atom stereocenters. The summed E-state index contributed by atoms with van der Waals surface area (Å²) in [5.74, 6) is 0.452. The highest BCUT2D eigenvalue weighted by atomic mass is 16.6. The number of fused-ring (bicyclic) bond motifs is 1. The Morgan fingerprint density at radius 3 is 2.89 bits per heavy atom. The third-order valence-corrected chi connectivity index (χ3v) is 5.35. The minimum atomic E-state index is -0.497. The minimum absolute atomic E-state index is 0.0120. The second-order valence-corrected chi connectivity index (χ2v) is 7.12. The van der Waals surface area contributed by atoms with Crippen molar-refractivity contribution in [2.45, 2.75) is 24.9 Å². The summed E-state index contributed by atoms with van der Waals surface area (Å²) in [4.78, 5) is 39.0. The second kappa shape index (κ2) is 6.64. The van der Waals surface area contributed by atoms with Gasteiger partial charge in [0.25, 0.3) is 5.91 Å². The fourth-order valence-corrected chi connectivity index (χ4v) is 3.71. The molecular weight excluding hydrogens is 352 g/mol. The Kier molecular flexibility index (Phi) is 4.29. The number of amides is 4. The van der Waals surface area contributed by atoms with E-state index in [1.165, 1.54) is 4.90 Å². The van der Waals surface area contributed by atoms with Crippen molar-refractivity contribution in [3.05, 3.63) is 18.2 Å². The monoisotopic (exact) mass is 374 g/mol. The van der Waals surface area contributed by atoms with Crippen LogP contribution in [0, 0.1) is 0 Å². The van der Waals surface area contributed by atoms with Crippen molar-refractivity contribution in [2.75, 3.05) is 43.5 Å². The highest BCUT2D eigenvalue weighted by Gasteiger charge is 2.41. The fourth-order valence-electron chi connectivity index (χ4n) is 3.71. The Hall–Kier alpha value is -2.97. The van der Waals surface area contributed by atoms with Crippen molar-refractivity contribution in [3.63, 3.8) is 0 Å². The molecule has 1 unspecified atom stereocenters. The molecule has 3 heterocycles. The third-order valence-electron chi connectivity index (χ3n) is 5.35. The number of carbonyl (C=O) groups excluding carboxylic acids is 3.